The number of hydroxylamine groups is 6. The Kier molecular flexibility index (Phi) is 12.5. The SMILES string of the molecule is O=C(CCN([O-])O)OC[C@H]1O[C@H](O)[C@H](O)[C@@H](OC(=O)CCN([O-])O)[C@@H]1OC(=O)CCN([O-])O. The minimum Gasteiger partial charge on any atom is -0.762 e. The summed E-state index contributed by atoms with van der Waals surface area (Å²) in [6, 6.07) is 0. The molecule has 0 amide bonds. The number of aliphatic hydroxyl groups excluding tert-OH is 2. The second kappa shape index (κ2) is 14.2. The molecule has 1 aliphatic rings. The van der Waals surface area contributed by atoms with Crippen molar-refractivity contribution in [3.8, 4) is 0 Å². The molecule has 1 rings (SSSR count). The maximum Gasteiger partial charge on any atom is 0.307 e. The third-order valence-electron chi connectivity index (χ3n) is 4.10. The zero-order valence-corrected chi connectivity index (χ0v) is 17.0. The molecule has 18 heteroatoms. The lowest BCUT2D eigenvalue weighted by molar-refractivity contribution is -0.294. The van der Waals surface area contributed by atoms with Crippen LogP contribution in [0.1, 0.15) is 19.3 Å². The summed E-state index contributed by atoms with van der Waals surface area (Å²) in [5, 5.41) is 75.7. The number of ether oxygens (including phenoxy) is 4. The Morgan fingerprint density at radius 3 is 1.64 bits per heavy atom. The summed E-state index contributed by atoms with van der Waals surface area (Å²) in [4.78, 5) is 35.6. The molecule has 0 unspecified atom stereocenters. The minimum atomic E-state index is -2.01. The van der Waals surface area contributed by atoms with Gasteiger partial charge in [-0.15, -0.1) is 0 Å². The highest BCUT2D eigenvalue weighted by atomic mass is 16.8. The van der Waals surface area contributed by atoms with Crippen molar-refractivity contribution in [2.24, 2.45) is 0 Å². The first-order valence-corrected chi connectivity index (χ1v) is 9.37. The van der Waals surface area contributed by atoms with Crippen molar-refractivity contribution in [2.45, 2.75) is 50.0 Å². The predicted molar refractivity (Wildman–Crippen MR) is 97.0 cm³/mol. The molecule has 0 aromatic rings. The zero-order chi connectivity index (χ0) is 25.1. The van der Waals surface area contributed by atoms with Gasteiger partial charge in [0, 0.05) is 19.6 Å². The van der Waals surface area contributed by atoms with Gasteiger partial charge in [-0.3, -0.25) is 30.1 Å². The van der Waals surface area contributed by atoms with E-state index in [-0.39, 0.29) is 0 Å². The van der Waals surface area contributed by atoms with Crippen molar-refractivity contribution in [1.29, 1.82) is 0 Å². The van der Waals surface area contributed by atoms with Gasteiger partial charge in [0.25, 0.3) is 0 Å². The van der Waals surface area contributed by atoms with Gasteiger partial charge in [0.15, 0.2) is 18.5 Å². The highest BCUT2D eigenvalue weighted by Crippen LogP contribution is 2.26. The molecule has 1 saturated heterocycles. The van der Waals surface area contributed by atoms with Crippen LogP contribution in [0.5, 0.6) is 0 Å². The molecule has 18 nitrogen and oxygen atoms in total. The van der Waals surface area contributed by atoms with E-state index in [0.29, 0.717) is 0 Å². The topological polar surface area (TPSA) is 268 Å². The Balaban J connectivity index is 2.95. The second-order valence-corrected chi connectivity index (χ2v) is 6.62. The highest BCUT2D eigenvalue weighted by molar-refractivity contribution is 5.71. The summed E-state index contributed by atoms with van der Waals surface area (Å²) in [5.41, 5.74) is 0. The lowest BCUT2D eigenvalue weighted by Crippen LogP contribution is -2.61. The van der Waals surface area contributed by atoms with E-state index < -0.39 is 110 Å². The molecule has 0 radical (unpaired) electrons. The lowest BCUT2D eigenvalue weighted by Gasteiger charge is -2.41. The molecule has 5 N–H and O–H groups in total. The average Bonchev–Trinajstić information content (AvgIpc) is 2.73. The summed E-state index contributed by atoms with van der Waals surface area (Å²) < 4.78 is 19.9. The van der Waals surface area contributed by atoms with Gasteiger partial charge in [0.05, 0.1) is 19.3 Å². The van der Waals surface area contributed by atoms with Crippen LogP contribution in [-0.2, 0) is 33.3 Å². The molecule has 0 aromatic heterocycles. The first-order chi connectivity index (χ1) is 15.4. The molecule has 1 aliphatic heterocycles. The van der Waals surface area contributed by atoms with Crippen molar-refractivity contribution in [2.75, 3.05) is 26.2 Å². The fraction of sp³-hybridized carbons (Fsp3) is 0.800. The van der Waals surface area contributed by atoms with Crippen LogP contribution in [-0.4, -0.2) is 116 Å². The highest BCUT2D eigenvalue weighted by Gasteiger charge is 2.49. The summed E-state index contributed by atoms with van der Waals surface area (Å²) in [6.07, 6.45) is -10.9. The number of rotatable bonds is 13. The number of hydrogen-bond acceptors (Lipinski definition) is 18. The Bertz CT molecular complexity index is 634. The van der Waals surface area contributed by atoms with E-state index >= 15 is 0 Å². The van der Waals surface area contributed by atoms with Gasteiger partial charge in [-0.1, -0.05) is 0 Å². The first-order valence-electron chi connectivity index (χ1n) is 9.37. The molecule has 0 saturated carbocycles. The average molecular weight is 486 g/mol. The molecule has 192 valence electrons. The molecule has 33 heavy (non-hydrogen) atoms. The molecule has 0 bridgehead atoms. The van der Waals surface area contributed by atoms with Crippen LogP contribution in [0.2, 0.25) is 0 Å². The maximum atomic E-state index is 12.0. The number of hydrogen-bond donors (Lipinski definition) is 5. The Morgan fingerprint density at radius 1 is 0.758 bits per heavy atom. The molecule has 5 atom stereocenters. The van der Waals surface area contributed by atoms with Crippen LogP contribution in [0.3, 0.4) is 0 Å². The third-order valence-corrected chi connectivity index (χ3v) is 4.10. The fourth-order valence-corrected chi connectivity index (χ4v) is 2.55. The molecular formula is C15H24N3O15-3. The van der Waals surface area contributed by atoms with Crippen LogP contribution < -0.4 is 0 Å². The first kappa shape index (κ1) is 29.0. The van der Waals surface area contributed by atoms with E-state index in [1.165, 1.54) is 0 Å². The lowest BCUT2D eigenvalue weighted by atomic mass is 9.98. The number of aliphatic hydroxyl groups is 2. The summed E-state index contributed by atoms with van der Waals surface area (Å²) >= 11 is 0. The Hall–Kier alpha value is -2.07. The molecule has 0 aliphatic carbocycles. The maximum absolute atomic E-state index is 12.0. The quantitative estimate of drug-likeness (QED) is 0.0996. The van der Waals surface area contributed by atoms with E-state index in [1.807, 2.05) is 0 Å². The number of carbonyl (C=O) groups excluding carboxylic acids is 3. The van der Waals surface area contributed by atoms with Gasteiger partial charge in [-0.05, 0) is 0 Å². The monoisotopic (exact) mass is 486 g/mol. The van der Waals surface area contributed by atoms with E-state index in [0.717, 1.165) is 0 Å². The van der Waals surface area contributed by atoms with Gasteiger partial charge in [-0.2, -0.15) is 0 Å². The van der Waals surface area contributed by atoms with Gasteiger partial charge in [0.1, 0.15) is 18.8 Å². The van der Waals surface area contributed by atoms with E-state index in [1.54, 1.807) is 0 Å². The summed E-state index contributed by atoms with van der Waals surface area (Å²) in [7, 11) is 0. The molecule has 1 heterocycles. The van der Waals surface area contributed by atoms with Crippen molar-refractivity contribution in [3.63, 3.8) is 0 Å². The fourth-order valence-electron chi connectivity index (χ4n) is 2.55. The third kappa shape index (κ3) is 11.1. The van der Waals surface area contributed by atoms with Crippen LogP contribution in [0.25, 0.3) is 0 Å². The van der Waals surface area contributed by atoms with E-state index in [4.69, 9.17) is 34.6 Å². The van der Waals surface area contributed by atoms with Gasteiger partial charge < -0.3 is 60.4 Å². The van der Waals surface area contributed by atoms with Crippen LogP contribution in [0.4, 0.5) is 0 Å². The molecule has 0 aromatic carbocycles. The standard InChI is InChI=1S/C15H24N3O15/c19-9(1-4-16(24)25)30-7-8-13(32-10(20)2-5-17(26)27)14(12(22)15(23)31-8)33-11(21)3-6-18(28)29/h8,12-15,22-24,26,28H,1-7H2/q-3/t8-,12-,13-,14-,15+/m1/s1. The van der Waals surface area contributed by atoms with Crippen molar-refractivity contribution < 1.29 is 59.2 Å². The van der Waals surface area contributed by atoms with Gasteiger partial charge in [-0.25, -0.2) is 0 Å². The van der Waals surface area contributed by atoms with Crippen LogP contribution in [0.15, 0.2) is 0 Å². The van der Waals surface area contributed by atoms with Crippen molar-refractivity contribution in [3.05, 3.63) is 15.6 Å². The van der Waals surface area contributed by atoms with Crippen LogP contribution >= 0.6 is 0 Å². The minimum absolute atomic E-state index is 0.519. The largest absolute Gasteiger partial charge is 0.762 e. The normalized spacial score (nSPS) is 25.4. The number of carbonyl (C=O) groups is 3. The predicted octanol–water partition coefficient (Wildman–Crippen LogP) is -2.83. The molecule has 0 spiro atoms. The summed E-state index contributed by atoms with van der Waals surface area (Å²) in [5.74, 6) is -3.30. The smallest absolute Gasteiger partial charge is 0.307 e. The second-order valence-electron chi connectivity index (χ2n) is 6.62. The van der Waals surface area contributed by atoms with Gasteiger partial charge in [0.2, 0.25) is 0 Å². The molecule has 1 fully saturated rings. The van der Waals surface area contributed by atoms with E-state index in [2.05, 4.69) is 0 Å². The van der Waals surface area contributed by atoms with Crippen LogP contribution in [0, 0.1) is 15.6 Å². The van der Waals surface area contributed by atoms with E-state index in [9.17, 15) is 40.2 Å². The molecular weight excluding hydrogens is 462 g/mol. The Labute approximate surface area is 185 Å². The van der Waals surface area contributed by atoms with Gasteiger partial charge >= 0.3 is 17.9 Å². The summed E-state index contributed by atoms with van der Waals surface area (Å²) in [6.45, 7) is -2.77. The van der Waals surface area contributed by atoms with Crippen molar-refractivity contribution in [1.82, 2.24) is 15.7 Å². The van der Waals surface area contributed by atoms with Crippen molar-refractivity contribution >= 4 is 17.9 Å². The Morgan fingerprint density at radius 2 is 1.18 bits per heavy atom. The number of nitrogens with zero attached hydrogens (tertiary/aromatic N) is 3. The zero-order valence-electron chi connectivity index (χ0n) is 17.0. The number of esters is 3.